The van der Waals surface area contributed by atoms with Gasteiger partial charge >= 0.3 is 0 Å². The quantitative estimate of drug-likeness (QED) is 0.884. The van der Waals surface area contributed by atoms with Crippen LogP contribution >= 0.6 is 35.3 Å². The molecule has 15 heavy (non-hydrogen) atoms. The van der Waals surface area contributed by atoms with E-state index in [4.69, 9.17) is 17.3 Å². The van der Waals surface area contributed by atoms with Crippen LogP contribution in [0.3, 0.4) is 0 Å². The third-order valence-corrected chi connectivity index (χ3v) is 2.99. The molecule has 3 N–H and O–H groups in total. The molecule has 0 fully saturated rings. The number of nitrogens with two attached hydrogens (primary N) is 1. The molecule has 1 aromatic rings. The van der Waals surface area contributed by atoms with Crippen LogP contribution in [-0.4, -0.2) is 18.0 Å². The van der Waals surface area contributed by atoms with Crippen molar-refractivity contribution in [1.29, 1.82) is 0 Å². The molecule has 0 bridgehead atoms. The fraction of sp³-hybridized carbons (Fsp3) is 0.444. The summed E-state index contributed by atoms with van der Waals surface area (Å²) in [5.41, 5.74) is 5.12. The first-order chi connectivity index (χ1) is 6.44. The average molecular weight is 269 g/mol. The Bertz CT molecular complexity index is 339. The molecule has 0 radical (unpaired) electrons. The summed E-state index contributed by atoms with van der Waals surface area (Å²) >= 11 is 6.98. The standard InChI is InChI=1S/C9H13ClN2OS.ClH/c1-9(2,5-11)12-8(13)6-3-4-7(10)14-6;/h3-4H,5,11H2,1-2H3,(H,12,13);1H. The number of rotatable bonds is 3. The molecule has 0 aliphatic rings. The predicted molar refractivity (Wildman–Crippen MR) is 67.2 cm³/mol. The molecule has 0 spiro atoms. The van der Waals surface area contributed by atoms with Crippen LogP contribution in [0.5, 0.6) is 0 Å². The number of carbonyl (C=O) groups excluding carboxylic acids is 1. The van der Waals surface area contributed by atoms with Crippen molar-refractivity contribution in [3.8, 4) is 0 Å². The van der Waals surface area contributed by atoms with E-state index >= 15 is 0 Å². The molecule has 0 aliphatic heterocycles. The Morgan fingerprint density at radius 1 is 1.60 bits per heavy atom. The maximum atomic E-state index is 11.6. The molecular formula is C9H14Cl2N2OS. The maximum absolute atomic E-state index is 11.6. The molecule has 0 aliphatic carbocycles. The Balaban J connectivity index is 0.00000196. The Labute approximate surface area is 104 Å². The number of thiophene rings is 1. The van der Waals surface area contributed by atoms with Gasteiger partial charge in [-0.25, -0.2) is 0 Å². The van der Waals surface area contributed by atoms with Crippen molar-refractivity contribution in [2.75, 3.05) is 6.54 Å². The fourth-order valence-electron chi connectivity index (χ4n) is 0.856. The first kappa shape index (κ1) is 14.7. The molecule has 6 heteroatoms. The highest BCUT2D eigenvalue weighted by Crippen LogP contribution is 2.21. The first-order valence-electron chi connectivity index (χ1n) is 4.22. The van der Waals surface area contributed by atoms with E-state index in [1.807, 2.05) is 13.8 Å². The van der Waals surface area contributed by atoms with Crippen LogP contribution in [0.25, 0.3) is 0 Å². The predicted octanol–water partition coefficient (Wildman–Crippen LogP) is 2.29. The van der Waals surface area contributed by atoms with Crippen LogP contribution in [0, 0.1) is 0 Å². The van der Waals surface area contributed by atoms with Crippen LogP contribution in [0.15, 0.2) is 12.1 Å². The topological polar surface area (TPSA) is 55.1 Å². The Morgan fingerprint density at radius 3 is 2.60 bits per heavy atom. The molecule has 1 aromatic heterocycles. The van der Waals surface area contributed by atoms with Gasteiger partial charge in [0.05, 0.1) is 9.21 Å². The van der Waals surface area contributed by atoms with E-state index in [-0.39, 0.29) is 23.9 Å². The summed E-state index contributed by atoms with van der Waals surface area (Å²) < 4.78 is 0.612. The summed E-state index contributed by atoms with van der Waals surface area (Å²) in [7, 11) is 0. The Morgan fingerprint density at radius 2 is 2.20 bits per heavy atom. The third kappa shape index (κ3) is 4.38. The van der Waals surface area contributed by atoms with E-state index in [2.05, 4.69) is 5.32 Å². The van der Waals surface area contributed by atoms with Gasteiger partial charge in [0.1, 0.15) is 0 Å². The first-order valence-corrected chi connectivity index (χ1v) is 5.42. The number of carbonyl (C=O) groups is 1. The van der Waals surface area contributed by atoms with Crippen molar-refractivity contribution in [2.24, 2.45) is 5.73 Å². The number of nitrogens with one attached hydrogen (secondary N) is 1. The van der Waals surface area contributed by atoms with Gasteiger partial charge < -0.3 is 11.1 Å². The Hall–Kier alpha value is -0.290. The SMILES string of the molecule is CC(C)(CN)NC(=O)c1ccc(Cl)s1.Cl. The van der Waals surface area contributed by atoms with Crippen molar-refractivity contribution in [2.45, 2.75) is 19.4 Å². The largest absolute Gasteiger partial charge is 0.345 e. The molecule has 1 heterocycles. The molecule has 0 saturated carbocycles. The van der Waals surface area contributed by atoms with E-state index in [0.717, 1.165) is 0 Å². The van der Waals surface area contributed by atoms with E-state index in [9.17, 15) is 4.79 Å². The molecule has 0 unspecified atom stereocenters. The van der Waals surface area contributed by atoms with Crippen LogP contribution in [0.1, 0.15) is 23.5 Å². The summed E-state index contributed by atoms with van der Waals surface area (Å²) in [6.45, 7) is 4.15. The summed E-state index contributed by atoms with van der Waals surface area (Å²) in [5, 5.41) is 2.82. The number of amides is 1. The maximum Gasteiger partial charge on any atom is 0.261 e. The van der Waals surface area contributed by atoms with E-state index in [0.29, 0.717) is 15.8 Å². The van der Waals surface area contributed by atoms with Gasteiger partial charge in [0.15, 0.2) is 0 Å². The zero-order valence-corrected chi connectivity index (χ0v) is 10.9. The van der Waals surface area contributed by atoms with E-state index in [1.54, 1.807) is 12.1 Å². The van der Waals surface area contributed by atoms with Crippen LogP contribution in [-0.2, 0) is 0 Å². The van der Waals surface area contributed by atoms with Crippen molar-refractivity contribution in [1.82, 2.24) is 5.32 Å². The van der Waals surface area contributed by atoms with Gasteiger partial charge in [-0.15, -0.1) is 23.7 Å². The molecule has 0 saturated heterocycles. The molecule has 1 amide bonds. The normalized spacial score (nSPS) is 10.7. The van der Waals surface area contributed by atoms with Gasteiger partial charge in [0.2, 0.25) is 0 Å². The van der Waals surface area contributed by atoms with Crippen LogP contribution < -0.4 is 11.1 Å². The smallest absolute Gasteiger partial charge is 0.261 e. The van der Waals surface area contributed by atoms with E-state index in [1.165, 1.54) is 11.3 Å². The molecule has 86 valence electrons. The second kappa shape index (κ2) is 5.70. The minimum Gasteiger partial charge on any atom is -0.345 e. The summed E-state index contributed by atoms with van der Waals surface area (Å²) in [6, 6.07) is 3.41. The number of hydrogen-bond donors (Lipinski definition) is 2. The lowest BCUT2D eigenvalue weighted by Crippen LogP contribution is -2.48. The van der Waals surface area contributed by atoms with Gasteiger partial charge in [0, 0.05) is 12.1 Å². The van der Waals surface area contributed by atoms with Gasteiger partial charge in [-0.3, -0.25) is 4.79 Å². The van der Waals surface area contributed by atoms with Crippen LogP contribution in [0.4, 0.5) is 0 Å². The highest BCUT2D eigenvalue weighted by atomic mass is 35.5. The summed E-state index contributed by atoms with van der Waals surface area (Å²) in [5.74, 6) is -0.127. The van der Waals surface area contributed by atoms with Gasteiger partial charge in [-0.1, -0.05) is 11.6 Å². The highest BCUT2D eigenvalue weighted by molar-refractivity contribution is 7.17. The van der Waals surface area contributed by atoms with Gasteiger partial charge in [-0.2, -0.15) is 0 Å². The minimum atomic E-state index is -0.381. The lowest BCUT2D eigenvalue weighted by Gasteiger charge is -2.23. The second-order valence-corrected chi connectivity index (χ2v) is 5.36. The monoisotopic (exact) mass is 268 g/mol. The number of halogens is 2. The van der Waals surface area contributed by atoms with Crippen molar-refractivity contribution in [3.63, 3.8) is 0 Å². The van der Waals surface area contributed by atoms with Crippen LogP contribution in [0.2, 0.25) is 4.34 Å². The zero-order chi connectivity index (χ0) is 10.8. The molecule has 1 rings (SSSR count). The molecular weight excluding hydrogens is 255 g/mol. The molecule has 0 atom stereocenters. The fourth-order valence-corrected chi connectivity index (χ4v) is 1.79. The average Bonchev–Trinajstić information content (AvgIpc) is 2.51. The highest BCUT2D eigenvalue weighted by Gasteiger charge is 2.19. The zero-order valence-electron chi connectivity index (χ0n) is 8.54. The summed E-state index contributed by atoms with van der Waals surface area (Å²) in [6.07, 6.45) is 0. The summed E-state index contributed by atoms with van der Waals surface area (Å²) in [4.78, 5) is 12.2. The Kier molecular flexibility index (Phi) is 5.59. The second-order valence-electron chi connectivity index (χ2n) is 3.65. The van der Waals surface area contributed by atoms with Gasteiger partial charge in [0.25, 0.3) is 5.91 Å². The van der Waals surface area contributed by atoms with Crippen molar-refractivity contribution in [3.05, 3.63) is 21.3 Å². The van der Waals surface area contributed by atoms with Gasteiger partial charge in [-0.05, 0) is 26.0 Å². The third-order valence-electron chi connectivity index (χ3n) is 1.76. The molecule has 0 aromatic carbocycles. The van der Waals surface area contributed by atoms with Crippen molar-refractivity contribution >= 4 is 41.3 Å². The molecule has 3 nitrogen and oxygen atoms in total. The lowest BCUT2D eigenvalue weighted by atomic mass is 10.1. The lowest BCUT2D eigenvalue weighted by molar-refractivity contribution is 0.0920. The number of hydrogen-bond acceptors (Lipinski definition) is 3. The minimum absolute atomic E-state index is 0. The van der Waals surface area contributed by atoms with Crippen molar-refractivity contribution < 1.29 is 4.79 Å². The van der Waals surface area contributed by atoms with E-state index < -0.39 is 0 Å².